The molecule has 2 aromatic rings. The number of hydrogen-bond donors (Lipinski definition) is 4. The van der Waals surface area contributed by atoms with Crippen LogP contribution in [0.1, 0.15) is 42.5 Å². The molecule has 4 rings (SSSR count). The van der Waals surface area contributed by atoms with Crippen LogP contribution in [-0.4, -0.2) is 31.8 Å². The van der Waals surface area contributed by atoms with E-state index >= 15 is 0 Å². The van der Waals surface area contributed by atoms with Crippen molar-refractivity contribution in [3.63, 3.8) is 0 Å². The Morgan fingerprint density at radius 2 is 2.00 bits per heavy atom. The number of benzene rings is 2. The molecule has 6 nitrogen and oxygen atoms in total. The average molecular weight is 406 g/mol. The standard InChI is InChI=1S/C24H31N5O/c1-16(25)24-21-8-3-18(17-9-12-27-13-10-17)15-22(21)23(11-14-29(24)26)28-19-4-6-20(30-2)7-5-19/h3-9,15,23,27-28H,10-14,25-26H2,1-2H3/b24-16-. The number of hydrazine groups is 1. The quantitative estimate of drug-likeness (QED) is 0.583. The summed E-state index contributed by atoms with van der Waals surface area (Å²) >= 11 is 0. The van der Waals surface area contributed by atoms with Crippen LogP contribution in [0.5, 0.6) is 5.75 Å². The summed E-state index contributed by atoms with van der Waals surface area (Å²) in [5.41, 5.74) is 14.0. The van der Waals surface area contributed by atoms with E-state index in [1.54, 1.807) is 12.1 Å². The van der Waals surface area contributed by atoms with Crippen LogP contribution in [0.25, 0.3) is 11.3 Å². The van der Waals surface area contributed by atoms with E-state index in [2.05, 4.69) is 34.9 Å². The third-order valence-electron chi connectivity index (χ3n) is 5.87. The van der Waals surface area contributed by atoms with Gasteiger partial charge in [-0.25, -0.2) is 5.84 Å². The monoisotopic (exact) mass is 405 g/mol. The molecule has 1 atom stereocenters. The number of allylic oxidation sites excluding steroid dienone is 1. The molecular formula is C24H31N5O. The van der Waals surface area contributed by atoms with Crippen LogP contribution in [0.2, 0.25) is 0 Å². The number of anilines is 1. The molecule has 0 radical (unpaired) electrons. The lowest BCUT2D eigenvalue weighted by Crippen LogP contribution is -2.31. The summed E-state index contributed by atoms with van der Waals surface area (Å²) in [6.07, 6.45) is 4.20. The first-order chi connectivity index (χ1) is 14.6. The van der Waals surface area contributed by atoms with Crippen molar-refractivity contribution in [1.82, 2.24) is 10.3 Å². The zero-order valence-electron chi connectivity index (χ0n) is 17.7. The third-order valence-corrected chi connectivity index (χ3v) is 5.87. The Kier molecular flexibility index (Phi) is 5.97. The van der Waals surface area contributed by atoms with Gasteiger partial charge < -0.3 is 26.1 Å². The maximum atomic E-state index is 6.40. The number of rotatable bonds is 4. The molecule has 0 fully saturated rings. The summed E-state index contributed by atoms with van der Waals surface area (Å²) in [5.74, 6) is 7.25. The Labute approximate surface area is 178 Å². The highest BCUT2D eigenvalue weighted by atomic mass is 16.5. The van der Waals surface area contributed by atoms with Crippen molar-refractivity contribution in [2.24, 2.45) is 11.6 Å². The van der Waals surface area contributed by atoms with Crippen LogP contribution >= 0.6 is 0 Å². The van der Waals surface area contributed by atoms with E-state index in [9.17, 15) is 0 Å². The fourth-order valence-corrected chi connectivity index (χ4v) is 4.32. The summed E-state index contributed by atoms with van der Waals surface area (Å²) < 4.78 is 5.29. The van der Waals surface area contributed by atoms with Crippen LogP contribution < -0.4 is 26.9 Å². The molecule has 0 saturated heterocycles. The number of hydrogen-bond acceptors (Lipinski definition) is 6. The number of nitrogens with zero attached hydrogens (tertiary/aromatic N) is 1. The number of fused-ring (bicyclic) bond motifs is 1. The van der Waals surface area contributed by atoms with E-state index in [0.717, 1.165) is 54.3 Å². The zero-order chi connectivity index (χ0) is 21.1. The fraction of sp³-hybridized carbons (Fsp3) is 0.333. The van der Waals surface area contributed by atoms with Crippen molar-refractivity contribution in [3.05, 3.63) is 70.9 Å². The molecule has 158 valence electrons. The van der Waals surface area contributed by atoms with Crippen LogP contribution in [0, 0.1) is 0 Å². The minimum absolute atomic E-state index is 0.124. The Hall–Kier alpha value is -2.96. The van der Waals surface area contributed by atoms with Gasteiger partial charge in [-0.1, -0.05) is 18.2 Å². The molecule has 0 spiro atoms. The lowest BCUT2D eigenvalue weighted by Gasteiger charge is -2.23. The molecule has 6 N–H and O–H groups in total. The van der Waals surface area contributed by atoms with Gasteiger partial charge in [0.05, 0.1) is 18.8 Å². The van der Waals surface area contributed by atoms with Crippen molar-refractivity contribution in [2.75, 3.05) is 32.1 Å². The molecule has 2 aromatic carbocycles. The van der Waals surface area contributed by atoms with E-state index in [1.165, 1.54) is 16.7 Å². The molecule has 2 aliphatic heterocycles. The second kappa shape index (κ2) is 8.81. The summed E-state index contributed by atoms with van der Waals surface area (Å²) in [6, 6.07) is 14.9. The van der Waals surface area contributed by atoms with Gasteiger partial charge in [-0.2, -0.15) is 0 Å². The molecule has 0 aromatic heterocycles. The highest BCUT2D eigenvalue weighted by molar-refractivity contribution is 5.75. The zero-order valence-corrected chi connectivity index (χ0v) is 17.7. The van der Waals surface area contributed by atoms with Gasteiger partial charge >= 0.3 is 0 Å². The van der Waals surface area contributed by atoms with Crippen molar-refractivity contribution in [1.29, 1.82) is 0 Å². The van der Waals surface area contributed by atoms with E-state index in [1.807, 2.05) is 31.2 Å². The summed E-state index contributed by atoms with van der Waals surface area (Å²) in [4.78, 5) is 0. The van der Waals surface area contributed by atoms with Gasteiger partial charge in [-0.05, 0) is 73.3 Å². The Bertz CT molecular complexity index is 960. The van der Waals surface area contributed by atoms with Crippen LogP contribution in [-0.2, 0) is 0 Å². The Morgan fingerprint density at radius 3 is 2.67 bits per heavy atom. The van der Waals surface area contributed by atoms with Crippen LogP contribution in [0.3, 0.4) is 0 Å². The molecule has 0 aliphatic carbocycles. The predicted molar refractivity (Wildman–Crippen MR) is 124 cm³/mol. The summed E-state index contributed by atoms with van der Waals surface area (Å²) in [6.45, 7) is 4.57. The van der Waals surface area contributed by atoms with Crippen molar-refractivity contribution in [3.8, 4) is 5.75 Å². The summed E-state index contributed by atoms with van der Waals surface area (Å²) in [5, 5.41) is 8.88. The van der Waals surface area contributed by atoms with E-state index in [0.29, 0.717) is 6.54 Å². The van der Waals surface area contributed by atoms with Crippen molar-refractivity contribution < 1.29 is 4.74 Å². The highest BCUT2D eigenvalue weighted by Gasteiger charge is 2.26. The lowest BCUT2D eigenvalue weighted by molar-refractivity contribution is 0.402. The van der Waals surface area contributed by atoms with Gasteiger partial charge in [0.25, 0.3) is 0 Å². The first kappa shape index (κ1) is 20.3. The molecule has 0 saturated carbocycles. The molecule has 0 bridgehead atoms. The number of nitrogens with one attached hydrogen (secondary N) is 2. The topological polar surface area (TPSA) is 88.6 Å². The molecule has 2 aliphatic rings. The van der Waals surface area contributed by atoms with Gasteiger partial charge in [0.1, 0.15) is 5.75 Å². The average Bonchev–Trinajstić information content (AvgIpc) is 2.91. The van der Waals surface area contributed by atoms with E-state index in [4.69, 9.17) is 16.3 Å². The maximum Gasteiger partial charge on any atom is 0.119 e. The van der Waals surface area contributed by atoms with Gasteiger partial charge in [0, 0.05) is 30.0 Å². The second-order valence-corrected chi connectivity index (χ2v) is 7.92. The SMILES string of the molecule is COc1ccc(NC2CCN(N)/C(=C(/C)N)c3ccc(C4=CCNCC4)cc32)cc1. The number of nitrogens with two attached hydrogens (primary N) is 2. The van der Waals surface area contributed by atoms with Crippen LogP contribution in [0.15, 0.2) is 54.2 Å². The highest BCUT2D eigenvalue weighted by Crippen LogP contribution is 2.37. The lowest BCUT2D eigenvalue weighted by atomic mass is 9.91. The fourth-order valence-electron chi connectivity index (χ4n) is 4.32. The normalized spacial score (nSPS) is 20.7. The van der Waals surface area contributed by atoms with Gasteiger partial charge in [-0.3, -0.25) is 0 Å². The molecular weight excluding hydrogens is 374 g/mol. The molecule has 30 heavy (non-hydrogen) atoms. The summed E-state index contributed by atoms with van der Waals surface area (Å²) in [7, 11) is 1.68. The first-order valence-corrected chi connectivity index (χ1v) is 10.5. The smallest absolute Gasteiger partial charge is 0.119 e. The molecule has 2 heterocycles. The van der Waals surface area contributed by atoms with Crippen LogP contribution in [0.4, 0.5) is 5.69 Å². The number of ether oxygens (including phenoxy) is 1. The Balaban J connectivity index is 1.76. The third kappa shape index (κ3) is 4.15. The number of methoxy groups -OCH3 is 1. The van der Waals surface area contributed by atoms with Crippen molar-refractivity contribution in [2.45, 2.75) is 25.8 Å². The molecule has 1 unspecified atom stereocenters. The minimum Gasteiger partial charge on any atom is -0.497 e. The van der Waals surface area contributed by atoms with Gasteiger partial charge in [-0.15, -0.1) is 0 Å². The molecule has 6 heteroatoms. The second-order valence-electron chi connectivity index (χ2n) is 7.92. The maximum absolute atomic E-state index is 6.40. The Morgan fingerprint density at radius 1 is 1.20 bits per heavy atom. The van der Waals surface area contributed by atoms with E-state index in [-0.39, 0.29) is 6.04 Å². The van der Waals surface area contributed by atoms with Gasteiger partial charge in [0.15, 0.2) is 0 Å². The first-order valence-electron chi connectivity index (χ1n) is 10.5. The van der Waals surface area contributed by atoms with Crippen molar-refractivity contribution >= 4 is 17.0 Å². The predicted octanol–water partition coefficient (Wildman–Crippen LogP) is 3.45. The van der Waals surface area contributed by atoms with Gasteiger partial charge in [0.2, 0.25) is 0 Å². The molecule has 0 amide bonds. The largest absolute Gasteiger partial charge is 0.497 e. The van der Waals surface area contributed by atoms with E-state index < -0.39 is 0 Å². The minimum atomic E-state index is 0.124.